The van der Waals surface area contributed by atoms with Gasteiger partial charge in [0.25, 0.3) is 0 Å². The van der Waals surface area contributed by atoms with Crippen molar-refractivity contribution in [1.82, 2.24) is 4.31 Å². The highest BCUT2D eigenvalue weighted by atomic mass is 35.5. The van der Waals surface area contributed by atoms with Crippen LogP contribution in [0.2, 0.25) is 5.02 Å². The van der Waals surface area contributed by atoms with E-state index in [9.17, 15) is 13.2 Å². The number of carbonyl (C=O) groups excluding carboxylic acids is 1. The van der Waals surface area contributed by atoms with Crippen molar-refractivity contribution in [3.05, 3.63) is 53.1 Å². The molecule has 0 spiro atoms. The van der Waals surface area contributed by atoms with E-state index in [4.69, 9.17) is 21.1 Å². The Balaban J connectivity index is 1.66. The Bertz CT molecular complexity index is 995. The number of amides is 1. The minimum atomic E-state index is -3.53. The summed E-state index contributed by atoms with van der Waals surface area (Å²) in [4.78, 5) is 12.8. The highest BCUT2D eigenvalue weighted by Gasteiger charge is 2.32. The number of benzene rings is 2. The first-order chi connectivity index (χ1) is 14.3. The fraction of sp³-hybridized carbons (Fsp3) is 0.381. The van der Waals surface area contributed by atoms with E-state index in [1.165, 1.54) is 18.5 Å². The minimum Gasteiger partial charge on any atom is -0.493 e. The molecule has 7 nitrogen and oxygen atoms in total. The molecule has 1 aliphatic heterocycles. The number of nitrogens with one attached hydrogen (secondary N) is 1. The van der Waals surface area contributed by atoms with Crippen molar-refractivity contribution in [3.8, 4) is 11.5 Å². The first-order valence-corrected chi connectivity index (χ1v) is 11.6. The van der Waals surface area contributed by atoms with Crippen LogP contribution >= 0.6 is 11.6 Å². The topological polar surface area (TPSA) is 84.9 Å². The third-order valence-electron chi connectivity index (χ3n) is 5.06. The molecule has 1 aliphatic rings. The molecule has 1 unspecified atom stereocenters. The van der Waals surface area contributed by atoms with Gasteiger partial charge in [-0.2, -0.15) is 0 Å². The van der Waals surface area contributed by atoms with Crippen molar-refractivity contribution in [2.24, 2.45) is 5.92 Å². The Morgan fingerprint density at radius 3 is 2.50 bits per heavy atom. The van der Waals surface area contributed by atoms with Gasteiger partial charge in [0.05, 0.1) is 25.9 Å². The van der Waals surface area contributed by atoms with Crippen LogP contribution in [0.15, 0.2) is 42.5 Å². The van der Waals surface area contributed by atoms with Gasteiger partial charge in [0.1, 0.15) is 0 Å². The average molecular weight is 453 g/mol. The van der Waals surface area contributed by atoms with Gasteiger partial charge >= 0.3 is 0 Å². The first-order valence-electron chi connectivity index (χ1n) is 9.57. The van der Waals surface area contributed by atoms with E-state index in [-0.39, 0.29) is 18.2 Å². The second-order valence-corrected chi connectivity index (χ2v) is 9.54. The van der Waals surface area contributed by atoms with Crippen molar-refractivity contribution in [2.45, 2.75) is 18.6 Å². The van der Waals surface area contributed by atoms with Gasteiger partial charge in [0.15, 0.2) is 11.5 Å². The molecule has 1 saturated heterocycles. The van der Waals surface area contributed by atoms with Crippen molar-refractivity contribution >= 4 is 33.2 Å². The zero-order valence-corrected chi connectivity index (χ0v) is 18.5. The summed E-state index contributed by atoms with van der Waals surface area (Å²) < 4.78 is 37.6. The largest absolute Gasteiger partial charge is 0.493 e. The predicted octanol–water partition coefficient (Wildman–Crippen LogP) is 3.54. The maximum absolute atomic E-state index is 12.9. The lowest BCUT2D eigenvalue weighted by atomic mass is 9.98. The number of piperidine rings is 1. The Labute approximate surface area is 182 Å². The molecule has 2 aromatic rings. The van der Waals surface area contributed by atoms with Crippen LogP contribution in [-0.2, 0) is 20.6 Å². The number of nitrogens with zero attached hydrogens (tertiary/aromatic N) is 1. The molecule has 0 bridgehead atoms. The Hall–Kier alpha value is -2.29. The van der Waals surface area contributed by atoms with Crippen molar-refractivity contribution in [1.29, 1.82) is 0 Å². The van der Waals surface area contributed by atoms with E-state index in [1.54, 1.807) is 42.5 Å². The number of rotatable bonds is 7. The maximum Gasteiger partial charge on any atom is 0.228 e. The maximum atomic E-state index is 12.9. The fourth-order valence-electron chi connectivity index (χ4n) is 3.45. The van der Waals surface area contributed by atoms with Crippen LogP contribution in [0.1, 0.15) is 18.4 Å². The van der Waals surface area contributed by atoms with E-state index in [0.29, 0.717) is 47.2 Å². The number of ether oxygens (including phenoxy) is 2. The molecule has 162 valence electrons. The highest BCUT2D eigenvalue weighted by molar-refractivity contribution is 7.88. The summed E-state index contributed by atoms with van der Waals surface area (Å²) in [5, 5.41) is 3.41. The molecule has 0 radical (unpaired) electrons. The van der Waals surface area contributed by atoms with Crippen molar-refractivity contribution < 1.29 is 22.7 Å². The zero-order chi connectivity index (χ0) is 21.7. The smallest absolute Gasteiger partial charge is 0.228 e. The monoisotopic (exact) mass is 452 g/mol. The number of anilines is 1. The zero-order valence-electron chi connectivity index (χ0n) is 16.9. The van der Waals surface area contributed by atoms with Gasteiger partial charge in [-0.3, -0.25) is 4.79 Å². The molecule has 30 heavy (non-hydrogen) atoms. The predicted molar refractivity (Wildman–Crippen MR) is 117 cm³/mol. The summed E-state index contributed by atoms with van der Waals surface area (Å²) in [6, 6.07) is 11.8. The molecule has 0 saturated carbocycles. The molecule has 1 N–H and O–H groups in total. The van der Waals surface area contributed by atoms with Crippen LogP contribution in [-0.4, -0.2) is 45.9 Å². The van der Waals surface area contributed by atoms with Crippen LogP contribution in [0.25, 0.3) is 0 Å². The molecule has 1 fully saturated rings. The van der Waals surface area contributed by atoms with Gasteiger partial charge in [-0.1, -0.05) is 23.7 Å². The van der Waals surface area contributed by atoms with E-state index < -0.39 is 15.9 Å². The van der Waals surface area contributed by atoms with Gasteiger partial charge in [-0.25, -0.2) is 12.7 Å². The van der Waals surface area contributed by atoms with Crippen LogP contribution in [0, 0.1) is 5.92 Å². The Kier molecular flexibility index (Phi) is 7.23. The summed E-state index contributed by atoms with van der Waals surface area (Å²) in [7, 11) is -0.474. The highest BCUT2D eigenvalue weighted by Crippen LogP contribution is 2.30. The Morgan fingerprint density at radius 2 is 1.83 bits per heavy atom. The second kappa shape index (κ2) is 9.68. The van der Waals surface area contributed by atoms with Gasteiger partial charge in [0, 0.05) is 29.9 Å². The Morgan fingerprint density at radius 1 is 1.13 bits per heavy atom. The molecular weight excluding hydrogens is 428 g/mol. The number of methoxy groups -OCH3 is 2. The van der Waals surface area contributed by atoms with Gasteiger partial charge < -0.3 is 14.8 Å². The summed E-state index contributed by atoms with van der Waals surface area (Å²) in [5.41, 5.74) is 1.23. The van der Waals surface area contributed by atoms with Gasteiger partial charge in [-0.05, 0) is 42.7 Å². The second-order valence-electron chi connectivity index (χ2n) is 7.14. The fourth-order valence-corrected chi connectivity index (χ4v) is 5.19. The first kappa shape index (κ1) is 22.4. The standard InChI is InChI=1S/C21H25ClN2O5S/c1-28-19-10-9-18(12-20(19)29-2)23-21(25)16-4-3-11-24(13-16)30(26,27)14-15-5-7-17(22)8-6-15/h5-10,12,16H,3-4,11,13-14H2,1-2H3,(H,23,25). The molecular formula is C21H25ClN2O5S. The number of sulfonamides is 1. The van der Waals surface area contributed by atoms with E-state index >= 15 is 0 Å². The van der Waals surface area contributed by atoms with Gasteiger partial charge in [-0.15, -0.1) is 0 Å². The summed E-state index contributed by atoms with van der Waals surface area (Å²) in [6.45, 7) is 0.575. The third kappa shape index (κ3) is 5.44. The summed E-state index contributed by atoms with van der Waals surface area (Å²) in [6.07, 6.45) is 1.26. The summed E-state index contributed by atoms with van der Waals surface area (Å²) in [5.74, 6) is 0.313. The van der Waals surface area contributed by atoms with E-state index in [1.807, 2.05) is 0 Å². The molecule has 1 atom stereocenters. The van der Waals surface area contributed by atoms with E-state index in [2.05, 4.69) is 5.32 Å². The average Bonchev–Trinajstić information content (AvgIpc) is 2.75. The van der Waals surface area contributed by atoms with Crippen LogP contribution in [0.5, 0.6) is 11.5 Å². The molecule has 0 aromatic heterocycles. The quantitative estimate of drug-likeness (QED) is 0.694. The van der Waals surface area contributed by atoms with Crippen molar-refractivity contribution in [2.75, 3.05) is 32.6 Å². The molecule has 2 aromatic carbocycles. The minimum absolute atomic E-state index is 0.117. The van der Waals surface area contributed by atoms with Crippen LogP contribution < -0.4 is 14.8 Å². The lowest BCUT2D eigenvalue weighted by molar-refractivity contribution is -0.120. The lowest BCUT2D eigenvalue weighted by Crippen LogP contribution is -2.44. The van der Waals surface area contributed by atoms with E-state index in [0.717, 1.165) is 0 Å². The number of hydrogen-bond acceptors (Lipinski definition) is 5. The molecule has 9 heteroatoms. The van der Waals surface area contributed by atoms with Crippen molar-refractivity contribution in [3.63, 3.8) is 0 Å². The molecule has 3 rings (SSSR count). The number of hydrogen-bond donors (Lipinski definition) is 1. The summed E-state index contributed by atoms with van der Waals surface area (Å²) >= 11 is 5.87. The number of halogens is 1. The molecule has 1 heterocycles. The number of carbonyl (C=O) groups is 1. The SMILES string of the molecule is COc1ccc(NC(=O)C2CCCN(S(=O)(=O)Cc3ccc(Cl)cc3)C2)cc1OC. The molecule has 1 amide bonds. The lowest BCUT2D eigenvalue weighted by Gasteiger charge is -2.31. The normalized spacial score (nSPS) is 17.4. The van der Waals surface area contributed by atoms with Gasteiger partial charge in [0.2, 0.25) is 15.9 Å². The molecule has 0 aliphatic carbocycles. The van der Waals surface area contributed by atoms with Crippen LogP contribution in [0.3, 0.4) is 0 Å². The third-order valence-corrected chi connectivity index (χ3v) is 7.13. The van der Waals surface area contributed by atoms with Crippen LogP contribution in [0.4, 0.5) is 5.69 Å².